The third kappa shape index (κ3) is 2.01. The quantitative estimate of drug-likeness (QED) is 0.564. The Kier molecular flexibility index (Phi) is 3.30. The summed E-state index contributed by atoms with van der Waals surface area (Å²) in [4.78, 5) is 11.1. The maximum absolute atomic E-state index is 11.1. The molecular formula is C14H22O3. The number of allylic oxidation sites excluding steroid dienone is 1. The predicted molar refractivity (Wildman–Crippen MR) is 65.4 cm³/mol. The van der Waals surface area contributed by atoms with Crippen molar-refractivity contribution in [1.82, 2.24) is 0 Å². The Bertz CT molecular complexity index is 347. The molecule has 0 saturated heterocycles. The minimum atomic E-state index is -0.355. The van der Waals surface area contributed by atoms with Crippen molar-refractivity contribution >= 4 is 5.97 Å². The highest BCUT2D eigenvalue weighted by Crippen LogP contribution is 2.55. The Hall–Kier alpha value is -0.830. The lowest BCUT2D eigenvalue weighted by Gasteiger charge is -2.41. The summed E-state index contributed by atoms with van der Waals surface area (Å²) in [5.74, 6) is 0.0732. The third-order valence-electron chi connectivity index (χ3n) is 4.58. The van der Waals surface area contributed by atoms with E-state index in [2.05, 4.69) is 6.92 Å². The summed E-state index contributed by atoms with van der Waals surface area (Å²) < 4.78 is 5.43. The highest BCUT2D eigenvalue weighted by atomic mass is 16.5. The number of aliphatic hydroxyl groups is 1. The fourth-order valence-electron chi connectivity index (χ4n) is 3.86. The molecule has 2 aliphatic carbocycles. The van der Waals surface area contributed by atoms with E-state index in [0.29, 0.717) is 0 Å². The number of carbonyl (C=O) groups is 1. The van der Waals surface area contributed by atoms with Gasteiger partial charge in [0.25, 0.3) is 0 Å². The van der Waals surface area contributed by atoms with Gasteiger partial charge >= 0.3 is 5.97 Å². The lowest BCUT2D eigenvalue weighted by Crippen LogP contribution is -2.39. The molecule has 2 rings (SSSR count). The Morgan fingerprint density at radius 2 is 2.29 bits per heavy atom. The Balaban J connectivity index is 2.26. The summed E-state index contributed by atoms with van der Waals surface area (Å²) in [7, 11) is 0. The fourth-order valence-corrected chi connectivity index (χ4v) is 3.86. The van der Waals surface area contributed by atoms with Crippen molar-refractivity contribution in [2.75, 3.05) is 0 Å². The average molecular weight is 238 g/mol. The van der Waals surface area contributed by atoms with Crippen molar-refractivity contribution in [3.05, 3.63) is 11.6 Å². The van der Waals surface area contributed by atoms with Crippen LogP contribution in [0, 0.1) is 11.3 Å². The molecule has 96 valence electrons. The third-order valence-corrected chi connectivity index (χ3v) is 4.58. The van der Waals surface area contributed by atoms with Gasteiger partial charge in [0.2, 0.25) is 0 Å². The van der Waals surface area contributed by atoms with Crippen molar-refractivity contribution in [3.8, 4) is 0 Å². The largest absolute Gasteiger partial charge is 0.462 e. The molecule has 0 aromatic rings. The molecule has 2 saturated carbocycles. The molecule has 0 aromatic carbocycles. The highest BCUT2D eigenvalue weighted by Gasteiger charge is 2.52. The van der Waals surface area contributed by atoms with Crippen LogP contribution in [0.2, 0.25) is 0 Å². The van der Waals surface area contributed by atoms with Gasteiger partial charge in [0, 0.05) is 12.8 Å². The number of rotatable bonds is 1. The molecule has 2 fully saturated rings. The average Bonchev–Trinajstić information content (AvgIpc) is 2.49. The predicted octanol–water partition coefficient (Wildman–Crippen LogP) is 2.44. The Morgan fingerprint density at radius 1 is 1.59 bits per heavy atom. The maximum atomic E-state index is 11.1. The first-order valence-corrected chi connectivity index (χ1v) is 6.51. The van der Waals surface area contributed by atoms with E-state index >= 15 is 0 Å². The Morgan fingerprint density at radius 3 is 2.88 bits per heavy atom. The maximum Gasteiger partial charge on any atom is 0.302 e. The smallest absolute Gasteiger partial charge is 0.302 e. The van der Waals surface area contributed by atoms with Crippen molar-refractivity contribution in [1.29, 1.82) is 0 Å². The summed E-state index contributed by atoms with van der Waals surface area (Å²) in [5, 5.41) is 10.1. The molecule has 17 heavy (non-hydrogen) atoms. The molecule has 2 aliphatic rings. The Labute approximate surface area is 103 Å². The van der Waals surface area contributed by atoms with Crippen LogP contribution in [0.1, 0.15) is 46.5 Å². The molecule has 0 unspecified atom stereocenters. The van der Waals surface area contributed by atoms with Crippen molar-refractivity contribution in [2.45, 2.75) is 58.7 Å². The molecule has 0 amide bonds. The molecule has 3 nitrogen and oxygen atoms in total. The lowest BCUT2D eigenvalue weighted by molar-refractivity contribution is -0.153. The van der Waals surface area contributed by atoms with Gasteiger partial charge in [-0.2, -0.15) is 0 Å². The number of fused-ring (bicyclic) bond motifs is 1. The number of esters is 1. The number of hydrogen-bond acceptors (Lipinski definition) is 3. The van der Waals surface area contributed by atoms with E-state index in [-0.39, 0.29) is 29.5 Å². The summed E-state index contributed by atoms with van der Waals surface area (Å²) in [6, 6.07) is 0. The van der Waals surface area contributed by atoms with E-state index in [4.69, 9.17) is 4.74 Å². The summed E-state index contributed by atoms with van der Waals surface area (Å²) >= 11 is 0. The van der Waals surface area contributed by atoms with E-state index in [1.807, 2.05) is 13.0 Å². The van der Waals surface area contributed by atoms with Gasteiger partial charge in [-0.25, -0.2) is 0 Å². The van der Waals surface area contributed by atoms with Gasteiger partial charge in [-0.05, 0) is 43.6 Å². The summed E-state index contributed by atoms with van der Waals surface area (Å²) in [6.07, 6.45) is 5.49. The molecule has 0 radical (unpaired) electrons. The first-order valence-electron chi connectivity index (χ1n) is 6.51. The van der Waals surface area contributed by atoms with Gasteiger partial charge in [0.15, 0.2) is 0 Å². The molecular weight excluding hydrogens is 216 g/mol. The van der Waals surface area contributed by atoms with E-state index < -0.39 is 0 Å². The number of aliphatic hydroxyl groups excluding tert-OH is 1. The van der Waals surface area contributed by atoms with Crippen LogP contribution in [-0.4, -0.2) is 23.3 Å². The second kappa shape index (κ2) is 4.45. The standard InChI is InChI=1S/C14H22O3/c1-4-10-12(16)8-11-13(17-9(2)15)6-5-7-14(10,11)3/h4,11-13,16H,5-8H2,1-3H3/t11-,12+,13-,14-/m0/s1. The molecule has 3 heteroatoms. The van der Waals surface area contributed by atoms with Crippen LogP contribution in [-0.2, 0) is 9.53 Å². The van der Waals surface area contributed by atoms with E-state index in [1.165, 1.54) is 6.92 Å². The number of hydrogen-bond donors (Lipinski definition) is 1. The van der Waals surface area contributed by atoms with Gasteiger partial charge in [0.05, 0.1) is 6.10 Å². The van der Waals surface area contributed by atoms with Crippen LogP contribution < -0.4 is 0 Å². The second-order valence-electron chi connectivity index (χ2n) is 5.56. The zero-order chi connectivity index (χ0) is 12.6. The van der Waals surface area contributed by atoms with Gasteiger partial charge in [0.1, 0.15) is 6.10 Å². The number of carbonyl (C=O) groups excluding carboxylic acids is 1. The molecule has 0 spiro atoms. The molecule has 0 heterocycles. The van der Waals surface area contributed by atoms with Crippen LogP contribution >= 0.6 is 0 Å². The minimum absolute atomic E-state index is 0.0154. The zero-order valence-electron chi connectivity index (χ0n) is 10.9. The first kappa shape index (κ1) is 12.6. The lowest BCUT2D eigenvalue weighted by atomic mass is 9.66. The van der Waals surface area contributed by atoms with Crippen molar-refractivity contribution < 1.29 is 14.6 Å². The molecule has 1 N–H and O–H groups in total. The monoisotopic (exact) mass is 238 g/mol. The SMILES string of the molecule is CC=C1[C@H](O)C[C@H]2[C@@H](OC(C)=O)CCC[C@@]12C. The van der Waals surface area contributed by atoms with Crippen molar-refractivity contribution in [3.63, 3.8) is 0 Å². The van der Waals surface area contributed by atoms with Crippen LogP contribution in [0.4, 0.5) is 0 Å². The minimum Gasteiger partial charge on any atom is -0.462 e. The van der Waals surface area contributed by atoms with Crippen LogP contribution in [0.5, 0.6) is 0 Å². The van der Waals surface area contributed by atoms with E-state index in [9.17, 15) is 9.90 Å². The summed E-state index contributed by atoms with van der Waals surface area (Å²) in [5.41, 5.74) is 1.16. The number of ether oxygens (including phenoxy) is 1. The van der Waals surface area contributed by atoms with Crippen LogP contribution in [0.3, 0.4) is 0 Å². The van der Waals surface area contributed by atoms with Gasteiger partial charge in [-0.15, -0.1) is 0 Å². The second-order valence-corrected chi connectivity index (χ2v) is 5.56. The topological polar surface area (TPSA) is 46.5 Å². The van der Waals surface area contributed by atoms with E-state index in [1.54, 1.807) is 0 Å². The molecule has 0 aliphatic heterocycles. The highest BCUT2D eigenvalue weighted by molar-refractivity contribution is 5.66. The van der Waals surface area contributed by atoms with Gasteiger partial charge in [-0.1, -0.05) is 13.0 Å². The van der Waals surface area contributed by atoms with Crippen LogP contribution in [0.25, 0.3) is 0 Å². The summed E-state index contributed by atoms with van der Waals surface area (Å²) in [6.45, 7) is 5.66. The first-order chi connectivity index (χ1) is 7.99. The molecule has 0 bridgehead atoms. The van der Waals surface area contributed by atoms with E-state index in [0.717, 1.165) is 31.3 Å². The normalized spacial score (nSPS) is 43.5. The fraction of sp³-hybridized carbons (Fsp3) is 0.786. The van der Waals surface area contributed by atoms with Crippen LogP contribution in [0.15, 0.2) is 11.6 Å². The van der Waals surface area contributed by atoms with Gasteiger partial charge < -0.3 is 9.84 Å². The van der Waals surface area contributed by atoms with Crippen molar-refractivity contribution in [2.24, 2.45) is 11.3 Å². The van der Waals surface area contributed by atoms with Gasteiger partial charge in [-0.3, -0.25) is 4.79 Å². The molecule has 0 aromatic heterocycles. The zero-order valence-corrected chi connectivity index (χ0v) is 10.9. The molecule has 4 atom stereocenters.